The highest BCUT2D eigenvalue weighted by atomic mass is 35.5. The number of hydrogen-bond donors (Lipinski definition) is 2. The summed E-state index contributed by atoms with van der Waals surface area (Å²) in [5.41, 5.74) is 0. The predicted molar refractivity (Wildman–Crippen MR) is 109 cm³/mol. The first-order valence-electron chi connectivity index (χ1n) is 8.32. The van der Waals surface area contributed by atoms with E-state index in [2.05, 4.69) is 14.7 Å². The first kappa shape index (κ1) is 28.3. The van der Waals surface area contributed by atoms with Crippen LogP contribution in [-0.4, -0.2) is 82.1 Å². The number of nitrogens with zero attached hydrogens (tertiary/aromatic N) is 1. The Kier molecular flexibility index (Phi) is 11.6. The lowest BCUT2D eigenvalue weighted by Gasteiger charge is -2.27. The second kappa shape index (κ2) is 13.1. The first-order chi connectivity index (χ1) is 15.0. The van der Waals surface area contributed by atoms with Crippen molar-refractivity contribution in [1.29, 1.82) is 0 Å². The smallest absolute Gasteiger partial charge is 0.332 e. The van der Waals surface area contributed by atoms with Gasteiger partial charge in [0.15, 0.2) is 18.4 Å². The van der Waals surface area contributed by atoms with E-state index in [4.69, 9.17) is 53.9 Å². The number of ether oxygens (including phenoxy) is 2. The molecule has 32 heavy (non-hydrogen) atoms. The number of alkyl halides is 1. The Hall–Kier alpha value is -1.74. The number of esters is 2. The van der Waals surface area contributed by atoms with E-state index in [1.165, 1.54) is 0 Å². The van der Waals surface area contributed by atoms with Crippen molar-refractivity contribution < 1.29 is 51.1 Å². The van der Waals surface area contributed by atoms with Gasteiger partial charge in [-0.3, -0.25) is 4.18 Å². The van der Waals surface area contributed by atoms with Crippen molar-refractivity contribution in [3.05, 3.63) is 27.2 Å². The van der Waals surface area contributed by atoms with Gasteiger partial charge in [0.25, 0.3) is 10.1 Å². The summed E-state index contributed by atoms with van der Waals surface area (Å²) in [6.07, 6.45) is -6.01. The van der Waals surface area contributed by atoms with E-state index in [9.17, 15) is 22.4 Å². The van der Waals surface area contributed by atoms with Crippen LogP contribution in [0, 0.1) is 0 Å². The van der Waals surface area contributed by atoms with Crippen LogP contribution in [0.5, 0.6) is 0 Å². The second-order valence-corrected chi connectivity index (χ2v) is 8.38. The molecule has 0 heterocycles. The van der Waals surface area contributed by atoms with Gasteiger partial charge < -0.3 is 24.5 Å². The Bertz CT molecular complexity index is 946. The molecule has 0 spiro atoms. The zero-order valence-corrected chi connectivity index (χ0v) is 19.2. The highest BCUT2D eigenvalue weighted by molar-refractivity contribution is 7.87. The summed E-state index contributed by atoms with van der Waals surface area (Å²) in [5.74, 6) is -2.59. The number of carbonyl (C=O) groups is 2. The number of carbonyl (C=O) groups excluding carboxylic acids is 2. The molecule has 180 valence electrons. The van der Waals surface area contributed by atoms with E-state index in [-0.39, 0.29) is 10.0 Å². The van der Waals surface area contributed by atoms with E-state index in [1.807, 2.05) is 0 Å². The SMILES string of the molecule is CO/N=C\[C@@H](F)[C@H](OC(=O)CO)[C@@H](COC(=O)CO)OS(=O)(=O)c1cc(Cl)c(Cl)cc1Cl. The molecule has 0 amide bonds. The van der Waals surface area contributed by atoms with Crippen molar-refractivity contribution in [1.82, 2.24) is 0 Å². The Morgan fingerprint density at radius 2 is 1.72 bits per heavy atom. The lowest BCUT2D eigenvalue weighted by Crippen LogP contribution is -2.46. The highest BCUT2D eigenvalue weighted by Crippen LogP contribution is 2.33. The first-order valence-corrected chi connectivity index (χ1v) is 10.9. The van der Waals surface area contributed by atoms with Crippen LogP contribution in [0.1, 0.15) is 0 Å². The molecule has 0 aliphatic rings. The van der Waals surface area contributed by atoms with Crippen molar-refractivity contribution in [2.75, 3.05) is 26.9 Å². The Morgan fingerprint density at radius 3 is 2.28 bits per heavy atom. The molecule has 0 aromatic heterocycles. The van der Waals surface area contributed by atoms with Gasteiger partial charge in [-0.05, 0) is 12.1 Å². The number of aliphatic hydroxyl groups excluding tert-OH is 2. The Labute approximate surface area is 196 Å². The summed E-state index contributed by atoms with van der Waals surface area (Å²) in [6.45, 7) is -3.30. The number of hydrogen-bond acceptors (Lipinski definition) is 11. The summed E-state index contributed by atoms with van der Waals surface area (Å²) in [7, 11) is -3.78. The Balaban J connectivity index is 3.40. The molecule has 1 aromatic carbocycles. The monoisotopic (exact) mass is 539 g/mol. The van der Waals surface area contributed by atoms with E-state index in [0.717, 1.165) is 19.2 Å². The second-order valence-electron chi connectivity index (χ2n) is 5.62. The van der Waals surface area contributed by atoms with Crippen LogP contribution in [0.25, 0.3) is 0 Å². The molecule has 1 rings (SSSR count). The third-order valence-corrected chi connectivity index (χ3v) is 5.94. The summed E-state index contributed by atoms with van der Waals surface area (Å²) in [5, 5.41) is 20.2. The number of aliphatic hydroxyl groups is 2. The normalized spacial score (nSPS) is 14.6. The largest absolute Gasteiger partial charge is 0.461 e. The third-order valence-electron chi connectivity index (χ3n) is 3.42. The maximum absolute atomic E-state index is 14.7. The summed E-state index contributed by atoms with van der Waals surface area (Å²) < 4.78 is 54.4. The average molecular weight is 541 g/mol. The fraction of sp³-hybridized carbons (Fsp3) is 0.438. The lowest BCUT2D eigenvalue weighted by molar-refractivity contribution is -0.165. The van der Waals surface area contributed by atoms with Gasteiger partial charge in [-0.2, -0.15) is 8.42 Å². The van der Waals surface area contributed by atoms with Crippen molar-refractivity contribution >= 4 is 63.1 Å². The molecule has 2 N–H and O–H groups in total. The van der Waals surface area contributed by atoms with Crippen LogP contribution in [0.4, 0.5) is 4.39 Å². The van der Waals surface area contributed by atoms with Gasteiger partial charge in [0.05, 0.1) is 21.3 Å². The number of rotatable bonds is 12. The molecule has 0 unspecified atom stereocenters. The molecule has 16 heteroatoms. The molecule has 0 aliphatic heterocycles. The minimum Gasteiger partial charge on any atom is -0.461 e. The van der Waals surface area contributed by atoms with E-state index in [0.29, 0.717) is 6.21 Å². The van der Waals surface area contributed by atoms with Crippen molar-refractivity contribution in [3.63, 3.8) is 0 Å². The molecule has 0 radical (unpaired) electrons. The molecule has 0 bridgehead atoms. The van der Waals surface area contributed by atoms with Gasteiger partial charge in [-0.25, -0.2) is 14.0 Å². The fourth-order valence-electron chi connectivity index (χ4n) is 2.05. The van der Waals surface area contributed by atoms with Crippen molar-refractivity contribution in [2.24, 2.45) is 5.16 Å². The molecule has 1 aromatic rings. The standard InChI is InChI=1S/C16H17Cl3FNO10S/c1-28-21-4-11(20)16(30-15(25)6-23)12(7-29-14(24)5-22)31-32(26,27)13-3-9(18)8(17)2-10(13)19/h2-4,11-12,16,22-23H,5-7H2,1H3/b21-4-/t11-,12-,16+/m1/s1. The van der Waals surface area contributed by atoms with Crippen molar-refractivity contribution in [3.8, 4) is 0 Å². The number of halogens is 4. The molecule has 0 aliphatic carbocycles. The van der Waals surface area contributed by atoms with Crippen molar-refractivity contribution in [2.45, 2.75) is 23.3 Å². The molecule has 0 saturated heterocycles. The van der Waals surface area contributed by atoms with E-state index in [1.54, 1.807) is 0 Å². The van der Waals surface area contributed by atoms with Gasteiger partial charge in [-0.15, -0.1) is 0 Å². The van der Waals surface area contributed by atoms with Crippen LogP contribution in [0.3, 0.4) is 0 Å². The number of benzene rings is 1. The van der Waals surface area contributed by atoms with Crippen LogP contribution in [0.2, 0.25) is 15.1 Å². The molecular weight excluding hydrogens is 524 g/mol. The van der Waals surface area contributed by atoms with Crippen LogP contribution < -0.4 is 0 Å². The molecule has 11 nitrogen and oxygen atoms in total. The van der Waals surface area contributed by atoms with Gasteiger partial charge in [0, 0.05) is 0 Å². The molecule has 3 atom stereocenters. The average Bonchev–Trinajstić information content (AvgIpc) is 2.74. The van der Waals surface area contributed by atoms with Crippen LogP contribution in [0.15, 0.2) is 22.2 Å². The maximum atomic E-state index is 14.7. The molecular formula is C16H17Cl3FNO10S. The topological polar surface area (TPSA) is 158 Å². The summed E-state index contributed by atoms with van der Waals surface area (Å²) >= 11 is 17.5. The minimum atomic E-state index is -4.85. The Morgan fingerprint density at radius 1 is 1.12 bits per heavy atom. The lowest BCUT2D eigenvalue weighted by atomic mass is 10.1. The van der Waals surface area contributed by atoms with Gasteiger partial charge in [0.1, 0.15) is 31.8 Å². The van der Waals surface area contributed by atoms with Gasteiger partial charge in [-0.1, -0.05) is 40.0 Å². The summed E-state index contributed by atoms with van der Waals surface area (Å²) in [6, 6.07) is 1.86. The van der Waals surface area contributed by atoms with E-state index >= 15 is 0 Å². The zero-order valence-electron chi connectivity index (χ0n) is 16.1. The molecule has 0 fully saturated rings. The van der Waals surface area contributed by atoms with Crippen LogP contribution in [-0.2, 0) is 38.2 Å². The van der Waals surface area contributed by atoms with E-state index < -0.39 is 70.2 Å². The maximum Gasteiger partial charge on any atom is 0.332 e. The van der Waals surface area contributed by atoms with Crippen LogP contribution >= 0.6 is 34.8 Å². The quantitative estimate of drug-likeness (QED) is 0.129. The summed E-state index contributed by atoms with van der Waals surface area (Å²) in [4.78, 5) is 26.5. The fourth-order valence-corrected chi connectivity index (χ4v) is 4.10. The van der Waals surface area contributed by atoms with Gasteiger partial charge in [0.2, 0.25) is 0 Å². The molecule has 0 saturated carbocycles. The minimum absolute atomic E-state index is 0.0709. The van der Waals surface area contributed by atoms with Gasteiger partial charge >= 0.3 is 11.9 Å². The third kappa shape index (κ3) is 8.31. The number of oxime groups is 1. The predicted octanol–water partition coefficient (Wildman–Crippen LogP) is 1.13. The highest BCUT2D eigenvalue weighted by Gasteiger charge is 2.39. The zero-order chi connectivity index (χ0) is 24.5.